The maximum atomic E-state index is 12.0. The van der Waals surface area contributed by atoms with Crippen molar-refractivity contribution < 1.29 is 17.9 Å². The lowest BCUT2D eigenvalue weighted by atomic mass is 10.4. The van der Waals surface area contributed by atoms with Crippen LogP contribution in [-0.2, 0) is 0 Å². The maximum Gasteiger partial charge on any atom is 0.573 e. The van der Waals surface area contributed by atoms with E-state index in [1.54, 1.807) is 6.92 Å². The van der Waals surface area contributed by atoms with Crippen LogP contribution in [0.15, 0.2) is 18.5 Å². The number of nitrogens with zero attached hydrogens (tertiary/aromatic N) is 3. The molecule has 0 fully saturated rings. The molecule has 0 radical (unpaired) electrons. The van der Waals surface area contributed by atoms with Crippen LogP contribution in [0.4, 0.5) is 13.2 Å². The van der Waals surface area contributed by atoms with Gasteiger partial charge in [0.05, 0.1) is 5.69 Å². The molecule has 0 unspecified atom stereocenters. The predicted octanol–water partition coefficient (Wildman–Crippen LogP) is 2.96. The summed E-state index contributed by atoms with van der Waals surface area (Å²) in [4.78, 5) is 3.72. The zero-order valence-corrected chi connectivity index (χ0v) is 9.62. The molecule has 0 aliphatic carbocycles. The predicted molar refractivity (Wildman–Crippen MR) is 55.8 cm³/mol. The van der Waals surface area contributed by atoms with E-state index in [1.807, 2.05) is 13.8 Å². The highest BCUT2D eigenvalue weighted by Crippen LogP contribution is 2.26. The summed E-state index contributed by atoms with van der Waals surface area (Å²) in [5.41, 5.74) is 0.456. The third-order valence-electron chi connectivity index (χ3n) is 1.67. The van der Waals surface area contributed by atoms with Gasteiger partial charge in [0.15, 0.2) is 11.4 Å². The number of fused-ring (bicyclic) bond motifs is 1. The molecule has 0 N–H and O–H groups in total. The van der Waals surface area contributed by atoms with Crippen LogP contribution in [0.3, 0.4) is 0 Å². The molecule has 0 amide bonds. The standard InChI is InChI=1S/C8H6F3N3O.C2H6/c1-5-4-6(15-8(9,10)11)7-12-2-3-14(7)13-5;1-2/h2-4H,1H3;1-2H3. The molecule has 0 saturated heterocycles. The van der Waals surface area contributed by atoms with E-state index in [9.17, 15) is 13.2 Å². The Bertz CT molecular complexity index is 493. The van der Waals surface area contributed by atoms with Crippen LogP contribution >= 0.6 is 0 Å². The van der Waals surface area contributed by atoms with Crippen molar-refractivity contribution in [2.24, 2.45) is 0 Å². The van der Waals surface area contributed by atoms with E-state index < -0.39 is 6.36 Å². The van der Waals surface area contributed by atoms with Crippen molar-refractivity contribution in [3.8, 4) is 5.75 Å². The Morgan fingerprint density at radius 2 is 1.94 bits per heavy atom. The van der Waals surface area contributed by atoms with Crippen molar-refractivity contribution in [1.82, 2.24) is 14.6 Å². The number of hydrogen-bond acceptors (Lipinski definition) is 3. The summed E-state index contributed by atoms with van der Waals surface area (Å²) in [7, 11) is 0. The second kappa shape index (κ2) is 5.03. The molecule has 0 aromatic carbocycles. The quantitative estimate of drug-likeness (QED) is 0.777. The molecule has 17 heavy (non-hydrogen) atoms. The molecule has 0 saturated carbocycles. The molecule has 0 atom stereocenters. The average molecular weight is 247 g/mol. The molecule has 0 bridgehead atoms. The SMILES string of the molecule is CC.Cc1cc(OC(F)(F)F)c2nccn2n1. The summed E-state index contributed by atoms with van der Waals surface area (Å²) in [5.74, 6) is -0.347. The molecule has 2 aromatic heterocycles. The third-order valence-corrected chi connectivity index (χ3v) is 1.67. The molecule has 2 aromatic rings. The Labute approximate surface area is 96.0 Å². The highest BCUT2D eigenvalue weighted by atomic mass is 19.4. The van der Waals surface area contributed by atoms with Crippen molar-refractivity contribution in [1.29, 1.82) is 0 Å². The summed E-state index contributed by atoms with van der Waals surface area (Å²) in [6, 6.07) is 1.19. The van der Waals surface area contributed by atoms with Crippen molar-refractivity contribution >= 4 is 5.65 Å². The molecule has 94 valence electrons. The van der Waals surface area contributed by atoms with Gasteiger partial charge in [-0.25, -0.2) is 9.50 Å². The number of aryl methyl sites for hydroxylation is 1. The van der Waals surface area contributed by atoms with Crippen LogP contribution in [0, 0.1) is 6.92 Å². The van der Waals surface area contributed by atoms with E-state index in [2.05, 4.69) is 14.8 Å². The number of hydrogen-bond donors (Lipinski definition) is 0. The fourth-order valence-electron chi connectivity index (χ4n) is 1.21. The average Bonchev–Trinajstić information content (AvgIpc) is 2.66. The Hall–Kier alpha value is -1.79. The van der Waals surface area contributed by atoms with Crippen LogP contribution in [0.1, 0.15) is 19.5 Å². The normalized spacial score (nSPS) is 10.9. The lowest BCUT2D eigenvalue weighted by Gasteiger charge is -2.09. The number of alkyl halides is 3. The smallest absolute Gasteiger partial charge is 0.402 e. The Morgan fingerprint density at radius 3 is 2.53 bits per heavy atom. The van der Waals surface area contributed by atoms with Gasteiger partial charge < -0.3 is 4.74 Å². The molecule has 2 rings (SSSR count). The van der Waals surface area contributed by atoms with Crippen LogP contribution in [0.2, 0.25) is 0 Å². The molecular formula is C10H12F3N3O. The Morgan fingerprint density at radius 1 is 1.29 bits per heavy atom. The molecule has 0 aliphatic rings. The van der Waals surface area contributed by atoms with Gasteiger partial charge in [-0.2, -0.15) is 5.10 Å². The monoisotopic (exact) mass is 247 g/mol. The number of ether oxygens (including phenoxy) is 1. The Kier molecular flexibility index (Phi) is 3.93. The number of rotatable bonds is 1. The number of aromatic nitrogens is 3. The number of halogens is 3. The second-order valence-electron chi connectivity index (χ2n) is 2.89. The van der Waals surface area contributed by atoms with Crippen LogP contribution in [0.25, 0.3) is 5.65 Å². The largest absolute Gasteiger partial charge is 0.573 e. The second-order valence-corrected chi connectivity index (χ2v) is 2.89. The van der Waals surface area contributed by atoms with E-state index in [4.69, 9.17) is 0 Å². The molecule has 7 heteroatoms. The van der Waals surface area contributed by atoms with E-state index in [-0.39, 0.29) is 11.4 Å². The molecule has 0 aliphatic heterocycles. The van der Waals surface area contributed by atoms with Crippen molar-refractivity contribution in [2.75, 3.05) is 0 Å². The van der Waals surface area contributed by atoms with Crippen molar-refractivity contribution in [3.05, 3.63) is 24.2 Å². The topological polar surface area (TPSA) is 39.4 Å². The summed E-state index contributed by atoms with van der Waals surface area (Å²) in [6.45, 7) is 5.57. The van der Waals surface area contributed by atoms with Gasteiger partial charge in [-0.3, -0.25) is 0 Å². The minimum atomic E-state index is -4.72. The van der Waals surface area contributed by atoms with E-state index in [0.29, 0.717) is 5.69 Å². The van der Waals surface area contributed by atoms with Crippen LogP contribution < -0.4 is 4.74 Å². The molecular weight excluding hydrogens is 235 g/mol. The van der Waals surface area contributed by atoms with Crippen molar-refractivity contribution in [3.63, 3.8) is 0 Å². The van der Waals surface area contributed by atoms with Crippen LogP contribution in [0.5, 0.6) is 5.75 Å². The lowest BCUT2D eigenvalue weighted by Crippen LogP contribution is -2.18. The van der Waals surface area contributed by atoms with Gasteiger partial charge >= 0.3 is 6.36 Å². The lowest BCUT2D eigenvalue weighted by molar-refractivity contribution is -0.274. The van der Waals surface area contributed by atoms with Gasteiger partial charge in [0.25, 0.3) is 0 Å². The summed E-state index contributed by atoms with van der Waals surface area (Å²) >= 11 is 0. The molecule has 4 nitrogen and oxygen atoms in total. The fraction of sp³-hybridized carbons (Fsp3) is 0.400. The first-order chi connectivity index (χ1) is 7.96. The highest BCUT2D eigenvalue weighted by molar-refractivity contribution is 5.52. The van der Waals surface area contributed by atoms with Gasteiger partial charge in [0.1, 0.15) is 0 Å². The summed E-state index contributed by atoms with van der Waals surface area (Å²) in [6.07, 6.45) is -1.92. The van der Waals surface area contributed by atoms with Gasteiger partial charge in [0, 0.05) is 18.5 Å². The Balaban J connectivity index is 0.000000686. The maximum absolute atomic E-state index is 12.0. The first-order valence-corrected chi connectivity index (χ1v) is 5.02. The van der Waals surface area contributed by atoms with Crippen LogP contribution in [-0.4, -0.2) is 21.0 Å². The minimum Gasteiger partial charge on any atom is -0.402 e. The van der Waals surface area contributed by atoms with E-state index >= 15 is 0 Å². The van der Waals surface area contributed by atoms with Gasteiger partial charge in [-0.15, -0.1) is 13.2 Å². The van der Waals surface area contributed by atoms with E-state index in [1.165, 1.54) is 23.0 Å². The zero-order chi connectivity index (χ0) is 13.1. The van der Waals surface area contributed by atoms with Gasteiger partial charge in [0.2, 0.25) is 0 Å². The van der Waals surface area contributed by atoms with Gasteiger partial charge in [-0.1, -0.05) is 13.8 Å². The number of imidazole rings is 1. The van der Waals surface area contributed by atoms with E-state index in [0.717, 1.165) is 0 Å². The first kappa shape index (κ1) is 13.3. The molecule has 2 heterocycles. The fourth-order valence-corrected chi connectivity index (χ4v) is 1.21. The third kappa shape index (κ3) is 3.33. The van der Waals surface area contributed by atoms with Gasteiger partial charge in [-0.05, 0) is 6.92 Å². The minimum absolute atomic E-state index is 0.0397. The summed E-state index contributed by atoms with van der Waals surface area (Å²) in [5, 5.41) is 3.93. The van der Waals surface area contributed by atoms with Crippen molar-refractivity contribution in [2.45, 2.75) is 27.1 Å². The first-order valence-electron chi connectivity index (χ1n) is 5.02. The zero-order valence-electron chi connectivity index (χ0n) is 9.62. The summed E-state index contributed by atoms with van der Waals surface area (Å²) < 4.78 is 41.1. The molecule has 0 spiro atoms. The highest BCUT2D eigenvalue weighted by Gasteiger charge is 2.32.